The fourth-order valence-electron chi connectivity index (χ4n) is 1.27. The van der Waals surface area contributed by atoms with Gasteiger partial charge in [0, 0.05) is 16.3 Å². The van der Waals surface area contributed by atoms with Crippen molar-refractivity contribution in [2.24, 2.45) is 0 Å². The van der Waals surface area contributed by atoms with Crippen molar-refractivity contribution in [1.82, 2.24) is 4.98 Å². The maximum atomic E-state index is 10.6. The van der Waals surface area contributed by atoms with Crippen LogP contribution in [0.4, 0.5) is 0 Å². The molecule has 0 spiro atoms. The lowest BCUT2D eigenvalue weighted by atomic mass is 10.2. The molecular formula is C11H8BrNO2S. The van der Waals surface area contributed by atoms with E-state index in [0.29, 0.717) is 6.42 Å². The van der Waals surface area contributed by atoms with E-state index in [-0.39, 0.29) is 5.69 Å². The Bertz CT molecular complexity index is 507. The maximum Gasteiger partial charge on any atom is 0.355 e. The van der Waals surface area contributed by atoms with Crippen molar-refractivity contribution in [3.05, 3.63) is 50.4 Å². The number of halogens is 1. The van der Waals surface area contributed by atoms with Crippen molar-refractivity contribution in [3.63, 3.8) is 0 Å². The van der Waals surface area contributed by atoms with Crippen molar-refractivity contribution in [2.45, 2.75) is 6.42 Å². The molecular weight excluding hydrogens is 290 g/mol. The zero-order valence-corrected chi connectivity index (χ0v) is 10.6. The van der Waals surface area contributed by atoms with Crippen molar-refractivity contribution < 1.29 is 9.90 Å². The van der Waals surface area contributed by atoms with E-state index in [4.69, 9.17) is 5.11 Å². The third-order valence-corrected chi connectivity index (χ3v) is 3.42. The highest BCUT2D eigenvalue weighted by molar-refractivity contribution is 9.10. The molecule has 0 unspecified atom stereocenters. The van der Waals surface area contributed by atoms with Crippen LogP contribution in [0, 0.1) is 0 Å². The van der Waals surface area contributed by atoms with Crippen LogP contribution in [0.3, 0.4) is 0 Å². The Hall–Kier alpha value is -1.20. The number of thiazole rings is 1. The Morgan fingerprint density at radius 3 is 2.62 bits per heavy atom. The van der Waals surface area contributed by atoms with Gasteiger partial charge in [0.25, 0.3) is 0 Å². The molecule has 5 heteroatoms. The average molecular weight is 298 g/mol. The van der Waals surface area contributed by atoms with Gasteiger partial charge in [-0.05, 0) is 17.7 Å². The SMILES string of the molecule is O=C(O)c1csc(Cc2ccc(Br)cc2)n1. The van der Waals surface area contributed by atoms with Gasteiger partial charge in [-0.25, -0.2) is 9.78 Å². The summed E-state index contributed by atoms with van der Waals surface area (Å²) in [7, 11) is 0. The Morgan fingerprint density at radius 2 is 2.06 bits per heavy atom. The number of carboxylic acid groups (broad SMARTS) is 1. The minimum Gasteiger partial charge on any atom is -0.476 e. The minimum absolute atomic E-state index is 0.122. The molecule has 2 rings (SSSR count). The maximum absolute atomic E-state index is 10.6. The highest BCUT2D eigenvalue weighted by Gasteiger charge is 2.08. The van der Waals surface area contributed by atoms with E-state index >= 15 is 0 Å². The summed E-state index contributed by atoms with van der Waals surface area (Å²) in [5.74, 6) is -0.974. The first kappa shape index (κ1) is 11.3. The second-order valence-electron chi connectivity index (χ2n) is 3.23. The average Bonchev–Trinajstić information content (AvgIpc) is 2.70. The highest BCUT2D eigenvalue weighted by atomic mass is 79.9. The van der Waals surface area contributed by atoms with Gasteiger partial charge in [-0.2, -0.15) is 0 Å². The monoisotopic (exact) mass is 297 g/mol. The molecule has 0 aliphatic rings. The number of aromatic nitrogens is 1. The van der Waals surface area contributed by atoms with Gasteiger partial charge < -0.3 is 5.11 Å². The smallest absolute Gasteiger partial charge is 0.355 e. The van der Waals surface area contributed by atoms with E-state index in [9.17, 15) is 4.79 Å². The number of carboxylic acids is 1. The summed E-state index contributed by atoms with van der Waals surface area (Å²) in [6.45, 7) is 0. The van der Waals surface area contributed by atoms with Crippen molar-refractivity contribution in [1.29, 1.82) is 0 Å². The predicted octanol–water partition coefficient (Wildman–Crippen LogP) is 3.19. The number of hydrogen-bond acceptors (Lipinski definition) is 3. The van der Waals surface area contributed by atoms with Crippen LogP contribution in [-0.4, -0.2) is 16.1 Å². The number of hydrogen-bond donors (Lipinski definition) is 1. The molecule has 0 fully saturated rings. The summed E-state index contributed by atoms with van der Waals surface area (Å²) in [4.78, 5) is 14.7. The lowest BCUT2D eigenvalue weighted by Gasteiger charge is -1.97. The predicted molar refractivity (Wildman–Crippen MR) is 66.0 cm³/mol. The topological polar surface area (TPSA) is 50.2 Å². The first-order valence-corrected chi connectivity index (χ1v) is 6.24. The van der Waals surface area contributed by atoms with E-state index in [1.165, 1.54) is 11.3 Å². The quantitative estimate of drug-likeness (QED) is 0.946. The summed E-state index contributed by atoms with van der Waals surface area (Å²) < 4.78 is 1.03. The minimum atomic E-state index is -0.974. The second-order valence-corrected chi connectivity index (χ2v) is 5.09. The van der Waals surface area contributed by atoms with Crippen LogP contribution in [0.25, 0.3) is 0 Å². The van der Waals surface area contributed by atoms with Crippen LogP contribution in [0.2, 0.25) is 0 Å². The Kier molecular flexibility index (Phi) is 3.36. The zero-order chi connectivity index (χ0) is 11.5. The number of carbonyl (C=O) groups is 1. The lowest BCUT2D eigenvalue weighted by molar-refractivity contribution is 0.0691. The molecule has 0 aliphatic carbocycles. The zero-order valence-electron chi connectivity index (χ0n) is 8.18. The molecule has 0 amide bonds. The molecule has 3 nitrogen and oxygen atoms in total. The van der Waals surface area contributed by atoms with Gasteiger partial charge in [0.05, 0.1) is 5.01 Å². The van der Waals surface area contributed by atoms with Crippen LogP contribution >= 0.6 is 27.3 Å². The molecule has 1 heterocycles. The van der Waals surface area contributed by atoms with Gasteiger partial charge in [-0.1, -0.05) is 28.1 Å². The Morgan fingerprint density at radius 1 is 1.38 bits per heavy atom. The molecule has 0 radical (unpaired) electrons. The summed E-state index contributed by atoms with van der Waals surface area (Å²) in [5.41, 5.74) is 1.24. The molecule has 82 valence electrons. The first-order valence-electron chi connectivity index (χ1n) is 4.57. The van der Waals surface area contributed by atoms with Gasteiger partial charge in [0.15, 0.2) is 5.69 Å². The van der Waals surface area contributed by atoms with Crippen LogP contribution in [-0.2, 0) is 6.42 Å². The molecule has 1 aromatic carbocycles. The molecule has 1 N–H and O–H groups in total. The molecule has 0 atom stereocenters. The van der Waals surface area contributed by atoms with Crippen LogP contribution < -0.4 is 0 Å². The van der Waals surface area contributed by atoms with Crippen molar-refractivity contribution in [3.8, 4) is 0 Å². The van der Waals surface area contributed by atoms with Gasteiger partial charge >= 0.3 is 5.97 Å². The van der Waals surface area contributed by atoms with E-state index in [0.717, 1.165) is 15.0 Å². The largest absolute Gasteiger partial charge is 0.476 e. The number of aromatic carboxylic acids is 1. The van der Waals surface area contributed by atoms with Gasteiger partial charge in [0.2, 0.25) is 0 Å². The van der Waals surface area contributed by atoms with Crippen LogP contribution in [0.15, 0.2) is 34.1 Å². The molecule has 0 aliphatic heterocycles. The van der Waals surface area contributed by atoms with Gasteiger partial charge in [-0.3, -0.25) is 0 Å². The fourth-order valence-corrected chi connectivity index (χ4v) is 2.33. The molecule has 0 saturated carbocycles. The van der Waals surface area contributed by atoms with Crippen molar-refractivity contribution >= 4 is 33.2 Å². The van der Waals surface area contributed by atoms with Gasteiger partial charge in [0.1, 0.15) is 0 Å². The molecule has 16 heavy (non-hydrogen) atoms. The molecule has 0 bridgehead atoms. The Balaban J connectivity index is 2.14. The van der Waals surface area contributed by atoms with E-state index in [2.05, 4.69) is 20.9 Å². The summed E-state index contributed by atoms with van der Waals surface area (Å²) in [6, 6.07) is 7.90. The number of nitrogens with zero attached hydrogens (tertiary/aromatic N) is 1. The highest BCUT2D eigenvalue weighted by Crippen LogP contribution is 2.17. The van der Waals surface area contributed by atoms with Crippen LogP contribution in [0.5, 0.6) is 0 Å². The molecule has 0 saturated heterocycles. The van der Waals surface area contributed by atoms with Gasteiger partial charge in [-0.15, -0.1) is 11.3 Å². The lowest BCUT2D eigenvalue weighted by Crippen LogP contribution is -1.96. The van der Waals surface area contributed by atoms with E-state index < -0.39 is 5.97 Å². The third-order valence-electron chi connectivity index (χ3n) is 2.04. The summed E-state index contributed by atoms with van der Waals surface area (Å²) in [6.07, 6.45) is 0.672. The first-order chi connectivity index (χ1) is 7.65. The number of rotatable bonds is 3. The molecule has 1 aromatic heterocycles. The Labute approximate surface area is 105 Å². The number of benzene rings is 1. The van der Waals surface area contributed by atoms with Crippen LogP contribution in [0.1, 0.15) is 21.1 Å². The second kappa shape index (κ2) is 4.76. The van der Waals surface area contributed by atoms with E-state index in [1.807, 2.05) is 24.3 Å². The van der Waals surface area contributed by atoms with Crippen molar-refractivity contribution in [2.75, 3.05) is 0 Å². The summed E-state index contributed by atoms with van der Waals surface area (Å²) >= 11 is 4.74. The molecule has 2 aromatic rings. The summed E-state index contributed by atoms with van der Waals surface area (Å²) in [5, 5.41) is 11.1. The normalized spacial score (nSPS) is 10.3. The fraction of sp³-hybridized carbons (Fsp3) is 0.0909. The standard InChI is InChI=1S/C11H8BrNO2S/c12-8-3-1-7(2-4-8)5-10-13-9(6-16-10)11(14)15/h1-4,6H,5H2,(H,14,15). The van der Waals surface area contributed by atoms with E-state index in [1.54, 1.807) is 5.38 Å². The third kappa shape index (κ3) is 2.68.